The molecule has 3 saturated heterocycles. The highest BCUT2D eigenvalue weighted by Crippen LogP contribution is 2.47. The highest BCUT2D eigenvalue weighted by atomic mass is 16.5. The van der Waals surface area contributed by atoms with E-state index in [-0.39, 0.29) is 16.9 Å². The topological polar surface area (TPSA) is 42.0 Å². The SMILES string of the molecule is CC1(C)C(=O)N(CN2CCC(OCC3CCCO3)CC2)C1(C)C. The molecule has 0 N–H and O–H groups in total. The Morgan fingerprint density at radius 3 is 2.43 bits per heavy atom. The van der Waals surface area contributed by atoms with E-state index in [0.29, 0.717) is 12.2 Å². The van der Waals surface area contributed by atoms with Gasteiger partial charge in [-0.2, -0.15) is 0 Å². The number of likely N-dealkylation sites (tertiary alicyclic amines) is 2. The molecule has 0 aromatic carbocycles. The summed E-state index contributed by atoms with van der Waals surface area (Å²) < 4.78 is 11.6. The summed E-state index contributed by atoms with van der Waals surface area (Å²) in [5, 5.41) is 0. The second-order valence-electron chi connectivity index (χ2n) is 8.34. The number of amides is 1. The minimum atomic E-state index is -0.240. The zero-order valence-corrected chi connectivity index (χ0v) is 15.1. The molecular weight excluding hydrogens is 292 g/mol. The van der Waals surface area contributed by atoms with Crippen LogP contribution in [0.25, 0.3) is 0 Å². The molecule has 0 bridgehead atoms. The van der Waals surface area contributed by atoms with Crippen LogP contribution in [0.5, 0.6) is 0 Å². The molecule has 1 atom stereocenters. The summed E-state index contributed by atoms with van der Waals surface area (Å²) in [5.41, 5.74) is -0.299. The van der Waals surface area contributed by atoms with Gasteiger partial charge in [-0.05, 0) is 53.4 Å². The highest BCUT2D eigenvalue weighted by Gasteiger charge is 2.60. The molecule has 1 unspecified atom stereocenters. The Bertz CT molecular complexity index is 436. The fourth-order valence-electron chi connectivity index (χ4n) is 3.81. The zero-order chi connectivity index (χ0) is 16.7. The number of hydrogen-bond acceptors (Lipinski definition) is 4. The Labute approximate surface area is 140 Å². The van der Waals surface area contributed by atoms with Crippen LogP contribution < -0.4 is 0 Å². The molecule has 0 saturated carbocycles. The second kappa shape index (κ2) is 6.34. The summed E-state index contributed by atoms with van der Waals surface area (Å²) in [6, 6.07) is 0. The molecule has 1 amide bonds. The largest absolute Gasteiger partial charge is 0.376 e. The maximum Gasteiger partial charge on any atom is 0.232 e. The standard InChI is InChI=1S/C18H32N2O3/c1-17(2)16(21)20(18(17,3)4)13-19-9-7-14(8-10-19)23-12-15-6-5-11-22-15/h14-15H,5-13H2,1-4H3. The van der Waals surface area contributed by atoms with Crippen molar-refractivity contribution in [2.75, 3.05) is 33.0 Å². The Morgan fingerprint density at radius 1 is 1.17 bits per heavy atom. The lowest BCUT2D eigenvalue weighted by molar-refractivity contribution is -0.189. The number of nitrogens with zero attached hydrogens (tertiary/aromatic N) is 2. The normalized spacial score (nSPS) is 31.4. The third-order valence-corrected chi connectivity index (χ3v) is 6.40. The second-order valence-corrected chi connectivity index (χ2v) is 8.34. The van der Waals surface area contributed by atoms with Crippen LogP contribution in [-0.2, 0) is 14.3 Å². The van der Waals surface area contributed by atoms with Crippen LogP contribution in [0, 0.1) is 5.41 Å². The first-order valence-corrected chi connectivity index (χ1v) is 9.10. The zero-order valence-electron chi connectivity index (χ0n) is 15.1. The lowest BCUT2D eigenvalue weighted by Gasteiger charge is -2.61. The van der Waals surface area contributed by atoms with E-state index in [0.717, 1.165) is 52.2 Å². The van der Waals surface area contributed by atoms with Crippen LogP contribution >= 0.6 is 0 Å². The first-order valence-electron chi connectivity index (χ1n) is 9.10. The first-order chi connectivity index (χ1) is 10.8. The lowest BCUT2D eigenvalue weighted by atomic mass is 9.64. The van der Waals surface area contributed by atoms with E-state index in [1.807, 2.05) is 4.90 Å². The number of hydrogen-bond donors (Lipinski definition) is 0. The smallest absolute Gasteiger partial charge is 0.232 e. The molecule has 0 spiro atoms. The monoisotopic (exact) mass is 324 g/mol. The van der Waals surface area contributed by atoms with E-state index in [4.69, 9.17) is 9.47 Å². The lowest BCUT2D eigenvalue weighted by Crippen LogP contribution is -2.74. The van der Waals surface area contributed by atoms with Gasteiger partial charge in [-0.15, -0.1) is 0 Å². The molecule has 0 radical (unpaired) electrons. The maximum absolute atomic E-state index is 12.3. The van der Waals surface area contributed by atoms with Gasteiger partial charge in [0.2, 0.25) is 5.91 Å². The van der Waals surface area contributed by atoms with Gasteiger partial charge in [0, 0.05) is 19.7 Å². The average molecular weight is 324 g/mol. The van der Waals surface area contributed by atoms with Crippen LogP contribution in [0.1, 0.15) is 53.4 Å². The minimum Gasteiger partial charge on any atom is -0.376 e. The van der Waals surface area contributed by atoms with Crippen molar-refractivity contribution in [3.05, 3.63) is 0 Å². The highest BCUT2D eigenvalue weighted by molar-refractivity contribution is 5.90. The minimum absolute atomic E-state index is 0.0583. The van der Waals surface area contributed by atoms with Crippen LogP contribution in [-0.4, -0.2) is 66.4 Å². The predicted molar refractivity (Wildman–Crippen MR) is 89.1 cm³/mol. The molecule has 5 nitrogen and oxygen atoms in total. The molecular formula is C18H32N2O3. The molecule has 3 fully saturated rings. The molecule has 3 aliphatic heterocycles. The van der Waals surface area contributed by atoms with Crippen molar-refractivity contribution < 1.29 is 14.3 Å². The van der Waals surface area contributed by atoms with Crippen molar-refractivity contribution in [3.63, 3.8) is 0 Å². The van der Waals surface area contributed by atoms with Crippen LogP contribution in [0.4, 0.5) is 0 Å². The van der Waals surface area contributed by atoms with Gasteiger partial charge in [0.05, 0.1) is 36.4 Å². The van der Waals surface area contributed by atoms with Crippen molar-refractivity contribution in [2.45, 2.75) is 71.1 Å². The molecule has 0 aliphatic carbocycles. The summed E-state index contributed by atoms with van der Waals surface area (Å²) in [7, 11) is 0. The van der Waals surface area contributed by atoms with Crippen molar-refractivity contribution in [1.29, 1.82) is 0 Å². The van der Waals surface area contributed by atoms with E-state index in [1.165, 1.54) is 6.42 Å². The number of carbonyl (C=O) groups excluding carboxylic acids is 1. The quantitative estimate of drug-likeness (QED) is 0.728. The van der Waals surface area contributed by atoms with E-state index in [2.05, 4.69) is 32.6 Å². The van der Waals surface area contributed by atoms with Crippen LogP contribution in [0.2, 0.25) is 0 Å². The summed E-state index contributed by atoms with van der Waals surface area (Å²) >= 11 is 0. The predicted octanol–water partition coefficient (Wildman–Crippen LogP) is 2.25. The number of ether oxygens (including phenoxy) is 2. The van der Waals surface area contributed by atoms with Crippen molar-refractivity contribution in [3.8, 4) is 0 Å². The van der Waals surface area contributed by atoms with Gasteiger partial charge >= 0.3 is 0 Å². The summed E-state index contributed by atoms with van der Waals surface area (Å²) in [5.74, 6) is 0.277. The van der Waals surface area contributed by atoms with E-state index in [9.17, 15) is 4.79 Å². The van der Waals surface area contributed by atoms with Crippen molar-refractivity contribution in [2.24, 2.45) is 5.41 Å². The molecule has 0 aromatic heterocycles. The van der Waals surface area contributed by atoms with Gasteiger partial charge in [-0.1, -0.05) is 0 Å². The van der Waals surface area contributed by atoms with Gasteiger partial charge in [0.25, 0.3) is 0 Å². The molecule has 3 heterocycles. The molecule has 3 aliphatic rings. The van der Waals surface area contributed by atoms with Crippen molar-refractivity contribution >= 4 is 5.91 Å². The summed E-state index contributed by atoms with van der Waals surface area (Å²) in [6.45, 7) is 12.9. The van der Waals surface area contributed by atoms with E-state index >= 15 is 0 Å². The Morgan fingerprint density at radius 2 is 1.87 bits per heavy atom. The first kappa shape index (κ1) is 17.2. The van der Waals surface area contributed by atoms with Crippen LogP contribution in [0.15, 0.2) is 0 Å². The fourth-order valence-corrected chi connectivity index (χ4v) is 3.81. The van der Waals surface area contributed by atoms with Gasteiger partial charge in [0.15, 0.2) is 0 Å². The molecule has 23 heavy (non-hydrogen) atoms. The molecule has 132 valence electrons. The number of rotatable bonds is 5. The Kier molecular flexibility index (Phi) is 4.73. The third-order valence-electron chi connectivity index (χ3n) is 6.40. The van der Waals surface area contributed by atoms with Gasteiger partial charge < -0.3 is 14.4 Å². The number of carbonyl (C=O) groups is 1. The maximum atomic E-state index is 12.3. The van der Waals surface area contributed by atoms with Crippen LogP contribution in [0.3, 0.4) is 0 Å². The third kappa shape index (κ3) is 3.15. The number of β-lactam (4-membered cyclic amide) rings is 1. The number of piperidine rings is 1. The average Bonchev–Trinajstić information content (AvgIpc) is 3.04. The molecule has 0 aromatic rings. The summed E-state index contributed by atoms with van der Waals surface area (Å²) in [4.78, 5) is 16.8. The van der Waals surface area contributed by atoms with E-state index in [1.54, 1.807) is 0 Å². The fraction of sp³-hybridized carbons (Fsp3) is 0.944. The Balaban J connectivity index is 1.40. The van der Waals surface area contributed by atoms with Crippen molar-refractivity contribution in [1.82, 2.24) is 9.80 Å². The molecule has 5 heteroatoms. The van der Waals surface area contributed by atoms with E-state index < -0.39 is 0 Å². The Hall–Kier alpha value is -0.650. The van der Waals surface area contributed by atoms with Gasteiger partial charge in [-0.3, -0.25) is 9.69 Å². The summed E-state index contributed by atoms with van der Waals surface area (Å²) in [6.07, 6.45) is 5.09. The van der Waals surface area contributed by atoms with Gasteiger partial charge in [-0.25, -0.2) is 0 Å². The molecule has 3 rings (SSSR count). The van der Waals surface area contributed by atoms with Gasteiger partial charge in [0.1, 0.15) is 0 Å².